The lowest BCUT2D eigenvalue weighted by Crippen LogP contribution is -2.31. The largest absolute Gasteiger partial charge is 0.477 e. The number of hydrogen-bond acceptors (Lipinski definition) is 4. The Hall–Kier alpha value is -2.90. The monoisotopic (exact) mass is 422 g/mol. The topological polar surface area (TPSA) is 81.6 Å². The highest BCUT2D eigenvalue weighted by atomic mass is 16.4. The molecule has 2 N–H and O–H groups in total. The van der Waals surface area contributed by atoms with Crippen molar-refractivity contribution in [2.45, 2.75) is 32.4 Å². The zero-order valence-corrected chi connectivity index (χ0v) is 18.6. The average molecular weight is 423 g/mol. The third kappa shape index (κ3) is 4.03. The number of likely N-dealkylation sites (N-methyl/N-ethyl adjacent to an activating group) is 1. The van der Waals surface area contributed by atoms with Crippen LogP contribution in [0.25, 0.3) is 22.2 Å². The number of hydrogen-bond donors (Lipinski definition) is 2. The average Bonchev–Trinajstić information content (AvgIpc) is 3.32. The molecule has 7 nitrogen and oxygen atoms in total. The van der Waals surface area contributed by atoms with Crippen LogP contribution in [-0.4, -0.2) is 63.7 Å². The molecular formula is C24H30N4O3. The number of nitrogens with zero attached hydrogens (tertiary/aromatic N) is 3. The van der Waals surface area contributed by atoms with Gasteiger partial charge in [0.2, 0.25) is 0 Å². The molecule has 1 saturated heterocycles. The van der Waals surface area contributed by atoms with Crippen LogP contribution in [0, 0.1) is 0 Å². The predicted octanol–water partition coefficient (Wildman–Crippen LogP) is 2.93. The molecule has 0 radical (unpaired) electrons. The maximum absolute atomic E-state index is 12.3. The molecule has 1 aromatic carbocycles. The first-order valence-corrected chi connectivity index (χ1v) is 10.8. The number of likely N-dealkylation sites (tertiary alicyclic amines) is 1. The number of rotatable bonds is 6. The van der Waals surface area contributed by atoms with E-state index in [2.05, 4.69) is 58.7 Å². The second-order valence-electron chi connectivity index (χ2n) is 8.68. The Bertz CT molecular complexity index is 1190. The summed E-state index contributed by atoms with van der Waals surface area (Å²) in [6, 6.07) is 10.5. The number of carbonyl (C=O) groups is 1. The number of nitrogens with one attached hydrogen (secondary N) is 1. The molecule has 1 unspecified atom stereocenters. The van der Waals surface area contributed by atoms with Crippen LogP contribution in [0.15, 0.2) is 35.1 Å². The SMILES string of the molecule is CCc1cc(C(=O)O)c(=O)[nH]c1-c1ccc2c(c1)cc(CN1CCC(N(C)C)C1)n2C. The fraction of sp³-hybridized carbons (Fsp3) is 0.417. The van der Waals surface area contributed by atoms with Crippen LogP contribution in [0.5, 0.6) is 0 Å². The number of aryl methyl sites for hydroxylation is 2. The van der Waals surface area contributed by atoms with Crippen molar-refractivity contribution < 1.29 is 9.90 Å². The summed E-state index contributed by atoms with van der Waals surface area (Å²) in [5.41, 5.74) is 4.02. The van der Waals surface area contributed by atoms with Crippen LogP contribution < -0.4 is 5.56 Å². The minimum Gasteiger partial charge on any atom is -0.477 e. The lowest BCUT2D eigenvalue weighted by Gasteiger charge is -2.20. The van der Waals surface area contributed by atoms with E-state index in [-0.39, 0.29) is 5.56 Å². The molecule has 1 aliphatic rings. The van der Waals surface area contributed by atoms with E-state index < -0.39 is 11.5 Å². The summed E-state index contributed by atoms with van der Waals surface area (Å²) in [6.45, 7) is 5.05. The quantitative estimate of drug-likeness (QED) is 0.638. The van der Waals surface area contributed by atoms with Crippen molar-refractivity contribution in [1.29, 1.82) is 0 Å². The standard InChI is InChI=1S/C24H30N4O3/c1-5-15-12-20(24(30)31)23(29)25-22(15)16-6-7-21-17(10-16)11-19(27(21)4)14-28-9-8-18(13-28)26(2)3/h6-7,10-12,18H,5,8-9,13-14H2,1-4H3,(H,25,29)(H,30,31). The van der Waals surface area contributed by atoms with Crippen molar-refractivity contribution in [3.8, 4) is 11.3 Å². The second kappa shape index (κ2) is 8.32. The van der Waals surface area contributed by atoms with Crippen LogP contribution in [0.2, 0.25) is 0 Å². The number of aromatic amines is 1. The summed E-state index contributed by atoms with van der Waals surface area (Å²) in [5, 5.41) is 10.4. The Morgan fingerprint density at radius 3 is 2.68 bits per heavy atom. The molecule has 1 fully saturated rings. The van der Waals surface area contributed by atoms with Gasteiger partial charge in [-0.3, -0.25) is 9.69 Å². The van der Waals surface area contributed by atoms with E-state index in [4.69, 9.17) is 0 Å². The number of pyridine rings is 1. The molecule has 31 heavy (non-hydrogen) atoms. The summed E-state index contributed by atoms with van der Waals surface area (Å²) in [7, 11) is 6.38. The van der Waals surface area contributed by atoms with E-state index in [0.717, 1.165) is 41.7 Å². The minimum atomic E-state index is -1.20. The van der Waals surface area contributed by atoms with E-state index in [1.165, 1.54) is 18.2 Å². The van der Waals surface area contributed by atoms with Gasteiger partial charge in [-0.1, -0.05) is 13.0 Å². The maximum Gasteiger partial charge on any atom is 0.341 e. The highest BCUT2D eigenvalue weighted by Gasteiger charge is 2.24. The molecular weight excluding hydrogens is 392 g/mol. The second-order valence-corrected chi connectivity index (χ2v) is 8.68. The summed E-state index contributed by atoms with van der Waals surface area (Å²) in [5.74, 6) is -1.20. The lowest BCUT2D eigenvalue weighted by atomic mass is 10.0. The van der Waals surface area contributed by atoms with Gasteiger partial charge in [-0.25, -0.2) is 4.79 Å². The van der Waals surface area contributed by atoms with Crippen molar-refractivity contribution >= 4 is 16.9 Å². The van der Waals surface area contributed by atoms with Crippen molar-refractivity contribution in [3.05, 3.63) is 57.5 Å². The molecule has 3 aromatic rings. The maximum atomic E-state index is 12.3. The van der Waals surface area contributed by atoms with Gasteiger partial charge in [0.25, 0.3) is 5.56 Å². The van der Waals surface area contributed by atoms with Crippen molar-refractivity contribution in [3.63, 3.8) is 0 Å². The molecule has 0 saturated carbocycles. The number of aromatic carboxylic acids is 1. The first kappa shape index (κ1) is 21.3. The third-order valence-electron chi connectivity index (χ3n) is 6.53. The summed E-state index contributed by atoms with van der Waals surface area (Å²) in [6.07, 6.45) is 1.83. The van der Waals surface area contributed by atoms with Crippen LogP contribution >= 0.6 is 0 Å². The van der Waals surface area contributed by atoms with E-state index in [9.17, 15) is 14.7 Å². The first-order chi connectivity index (χ1) is 14.8. The van der Waals surface area contributed by atoms with Crippen molar-refractivity contribution in [1.82, 2.24) is 19.4 Å². The summed E-state index contributed by atoms with van der Waals surface area (Å²) < 4.78 is 2.24. The molecule has 0 aliphatic carbocycles. The summed E-state index contributed by atoms with van der Waals surface area (Å²) in [4.78, 5) is 31.2. The summed E-state index contributed by atoms with van der Waals surface area (Å²) >= 11 is 0. The van der Waals surface area contributed by atoms with Gasteiger partial charge in [0.05, 0.1) is 5.69 Å². The minimum absolute atomic E-state index is 0.217. The third-order valence-corrected chi connectivity index (χ3v) is 6.53. The molecule has 4 rings (SSSR count). The highest BCUT2D eigenvalue weighted by Crippen LogP contribution is 2.28. The normalized spacial score (nSPS) is 17.1. The van der Waals surface area contributed by atoms with Crippen LogP contribution in [0.3, 0.4) is 0 Å². The Morgan fingerprint density at radius 2 is 2.03 bits per heavy atom. The highest BCUT2D eigenvalue weighted by molar-refractivity contribution is 5.89. The number of benzene rings is 1. The van der Waals surface area contributed by atoms with Crippen molar-refractivity contribution in [2.24, 2.45) is 7.05 Å². The molecule has 0 spiro atoms. The fourth-order valence-corrected chi connectivity index (χ4v) is 4.59. The van der Waals surface area contributed by atoms with E-state index >= 15 is 0 Å². The van der Waals surface area contributed by atoms with Gasteiger partial charge < -0.3 is 19.6 Å². The van der Waals surface area contributed by atoms with Crippen LogP contribution in [0.1, 0.15) is 35.0 Å². The van der Waals surface area contributed by atoms with E-state index in [0.29, 0.717) is 18.2 Å². The zero-order valence-electron chi connectivity index (χ0n) is 18.6. The number of aromatic nitrogens is 2. The van der Waals surface area contributed by atoms with E-state index in [1.54, 1.807) is 0 Å². The van der Waals surface area contributed by atoms with Gasteiger partial charge >= 0.3 is 5.97 Å². The van der Waals surface area contributed by atoms with Gasteiger partial charge in [0.1, 0.15) is 5.56 Å². The predicted molar refractivity (Wildman–Crippen MR) is 123 cm³/mol. The van der Waals surface area contributed by atoms with Gasteiger partial charge in [0, 0.05) is 49.3 Å². The first-order valence-electron chi connectivity index (χ1n) is 10.8. The molecule has 2 aromatic heterocycles. The molecule has 0 bridgehead atoms. The Labute approximate surface area is 181 Å². The Morgan fingerprint density at radius 1 is 1.26 bits per heavy atom. The van der Waals surface area contributed by atoms with E-state index in [1.807, 2.05) is 13.0 Å². The zero-order chi connectivity index (χ0) is 22.3. The van der Waals surface area contributed by atoms with Gasteiger partial charge in [-0.2, -0.15) is 0 Å². The smallest absolute Gasteiger partial charge is 0.341 e. The van der Waals surface area contributed by atoms with Gasteiger partial charge in [-0.05, 0) is 62.3 Å². The van der Waals surface area contributed by atoms with Gasteiger partial charge in [0.15, 0.2) is 0 Å². The van der Waals surface area contributed by atoms with Crippen LogP contribution in [0.4, 0.5) is 0 Å². The fourth-order valence-electron chi connectivity index (χ4n) is 4.59. The lowest BCUT2D eigenvalue weighted by molar-refractivity contribution is 0.0695. The molecule has 1 aliphatic heterocycles. The van der Waals surface area contributed by atoms with Crippen molar-refractivity contribution in [2.75, 3.05) is 27.2 Å². The number of carboxylic acids is 1. The number of H-pyrrole nitrogens is 1. The molecule has 7 heteroatoms. The molecule has 1 atom stereocenters. The molecule has 164 valence electrons. The Kier molecular flexibility index (Phi) is 5.73. The van der Waals surface area contributed by atoms with Gasteiger partial charge in [-0.15, -0.1) is 0 Å². The Balaban J connectivity index is 1.67. The molecule has 0 amide bonds. The van der Waals surface area contributed by atoms with Crippen LogP contribution in [-0.2, 0) is 20.0 Å². The molecule has 3 heterocycles. The number of fused-ring (bicyclic) bond motifs is 1. The number of carboxylic acid groups (broad SMARTS) is 1.